The third kappa shape index (κ3) is 8.57. The SMILES string of the molecule is CC(C)(C)c1ccc2c(c1)B1c3cc(C(C)(C)C)ccc3N(c3ccc(C(C)(C)C)cc3-c3ccccc3)c3cc(N4c5ccc(-c6cccnc6)cc5C5(C)CCCCC45C)cc(c31)N2c1ccc(C(C)(C)C)cc1-c1ccccc1. The van der Waals surface area contributed by atoms with E-state index in [9.17, 15) is 0 Å². The summed E-state index contributed by atoms with van der Waals surface area (Å²) in [6.07, 6.45) is 8.48. The Labute approximate surface area is 490 Å². The third-order valence-corrected chi connectivity index (χ3v) is 19.5. The molecule has 13 rings (SSSR count). The molecule has 0 bridgehead atoms. The number of anilines is 8. The van der Waals surface area contributed by atoms with Gasteiger partial charge in [-0.3, -0.25) is 4.98 Å². The summed E-state index contributed by atoms with van der Waals surface area (Å²) in [6.45, 7) is 33.3. The highest BCUT2D eigenvalue weighted by atomic mass is 15.3. The maximum atomic E-state index is 4.60. The molecule has 1 aliphatic carbocycles. The van der Waals surface area contributed by atoms with Crippen molar-refractivity contribution < 1.29 is 0 Å². The number of hydrogen-bond donors (Lipinski definition) is 0. The van der Waals surface area contributed by atoms with Gasteiger partial charge < -0.3 is 14.7 Å². The molecular weight excluding hydrogens is 992 g/mol. The zero-order valence-electron chi connectivity index (χ0n) is 51.1. The third-order valence-electron chi connectivity index (χ3n) is 19.5. The number of benzene rings is 8. The molecule has 4 nitrogen and oxygen atoms in total. The minimum atomic E-state index is -0.230. The Bertz CT molecular complexity index is 3770. The lowest BCUT2D eigenvalue weighted by molar-refractivity contribution is 0.195. The summed E-state index contributed by atoms with van der Waals surface area (Å²) in [5.74, 6) is 0. The Morgan fingerprint density at radius 2 is 0.841 bits per heavy atom. The molecule has 2 atom stereocenters. The van der Waals surface area contributed by atoms with Crippen LogP contribution < -0.4 is 31.1 Å². The van der Waals surface area contributed by atoms with Crippen molar-refractivity contribution in [3.8, 4) is 33.4 Å². The van der Waals surface area contributed by atoms with Crippen molar-refractivity contribution in [3.63, 3.8) is 0 Å². The Hall–Kier alpha value is -7.63. The predicted octanol–water partition coefficient (Wildman–Crippen LogP) is 19.1. The molecule has 82 heavy (non-hydrogen) atoms. The first kappa shape index (κ1) is 53.7. The lowest BCUT2D eigenvalue weighted by Gasteiger charge is -2.51. The van der Waals surface area contributed by atoms with E-state index in [0.29, 0.717) is 0 Å². The summed E-state index contributed by atoms with van der Waals surface area (Å²) in [4.78, 5) is 12.8. The van der Waals surface area contributed by atoms with E-state index in [4.69, 9.17) is 0 Å². The van der Waals surface area contributed by atoms with Crippen LogP contribution in [0, 0.1) is 0 Å². The van der Waals surface area contributed by atoms with E-state index < -0.39 is 0 Å². The number of fused-ring (bicyclic) bond motifs is 7. The zero-order chi connectivity index (χ0) is 57.5. The smallest absolute Gasteiger partial charge is 0.252 e. The maximum absolute atomic E-state index is 4.60. The first-order valence-electron chi connectivity index (χ1n) is 30.3. The molecule has 0 radical (unpaired) electrons. The van der Waals surface area contributed by atoms with Gasteiger partial charge in [-0.25, -0.2) is 0 Å². The normalized spacial score (nSPS) is 18.4. The monoisotopic (exact) mass is 1070 g/mol. The largest absolute Gasteiger partial charge is 0.334 e. The minimum absolute atomic E-state index is 0.0657. The number of rotatable bonds is 6. The summed E-state index contributed by atoms with van der Waals surface area (Å²) in [5, 5.41) is 0. The summed E-state index contributed by atoms with van der Waals surface area (Å²) >= 11 is 0. The van der Waals surface area contributed by atoms with Crippen LogP contribution in [-0.2, 0) is 27.1 Å². The first-order chi connectivity index (χ1) is 38.9. The van der Waals surface area contributed by atoms with Crippen LogP contribution in [0.5, 0.6) is 0 Å². The molecule has 1 saturated carbocycles. The molecule has 0 saturated heterocycles. The van der Waals surface area contributed by atoms with Crippen molar-refractivity contribution in [2.24, 2.45) is 0 Å². The molecule has 0 spiro atoms. The summed E-state index contributed by atoms with van der Waals surface area (Å²) in [5.41, 5.74) is 27.1. The number of nitrogens with zero attached hydrogens (tertiary/aromatic N) is 4. The minimum Gasteiger partial charge on any atom is -0.334 e. The van der Waals surface area contributed by atoms with Gasteiger partial charge in [0.15, 0.2) is 0 Å². The second kappa shape index (κ2) is 19.0. The van der Waals surface area contributed by atoms with Gasteiger partial charge in [-0.2, -0.15) is 0 Å². The first-order valence-corrected chi connectivity index (χ1v) is 30.3. The lowest BCUT2D eigenvalue weighted by Crippen LogP contribution is -2.62. The van der Waals surface area contributed by atoms with Gasteiger partial charge in [0.2, 0.25) is 0 Å². The van der Waals surface area contributed by atoms with Gasteiger partial charge in [0, 0.05) is 63.1 Å². The fraction of sp³-hybridized carbons (Fsp3) is 0.312. The molecule has 3 aliphatic heterocycles. The van der Waals surface area contributed by atoms with E-state index in [1.165, 1.54) is 130 Å². The molecule has 1 fully saturated rings. The molecule has 8 aromatic carbocycles. The van der Waals surface area contributed by atoms with Crippen LogP contribution in [0.15, 0.2) is 188 Å². The fourth-order valence-electron chi connectivity index (χ4n) is 14.5. The Morgan fingerprint density at radius 1 is 0.402 bits per heavy atom. The Morgan fingerprint density at radius 3 is 1.30 bits per heavy atom. The van der Waals surface area contributed by atoms with Gasteiger partial charge in [0.1, 0.15) is 0 Å². The highest BCUT2D eigenvalue weighted by Crippen LogP contribution is 2.63. The summed E-state index contributed by atoms with van der Waals surface area (Å²) in [7, 11) is 0. The van der Waals surface area contributed by atoms with Crippen molar-refractivity contribution >= 4 is 68.6 Å². The molecule has 0 amide bonds. The van der Waals surface area contributed by atoms with Crippen LogP contribution in [-0.4, -0.2) is 17.2 Å². The highest BCUT2D eigenvalue weighted by Gasteiger charge is 2.58. The van der Waals surface area contributed by atoms with Gasteiger partial charge in [0.25, 0.3) is 6.71 Å². The summed E-state index contributed by atoms with van der Waals surface area (Å²) < 4.78 is 0. The standard InChI is InChI=1S/C77H81BN4/c1-72(2,3)54-30-35-64(59(43-54)50-24-17-15-18-25-50)80-67-37-32-56(74(7,8)9)45-62(67)78-63-46-57(75(10,11)12)33-38-68(63)81(65-36-31-55(73(4,5)6)44-60(65)51-26-19-16-20-27-51)70-48-58(47-69(80)71(70)78)82-66-34-29-52(53-28-23-41-79-49-53)42-61(66)76(13)39-21-22-40-77(76,82)14/h15-20,23-38,41-49H,21-22,39-40H2,1-14H3. The van der Waals surface area contributed by atoms with Crippen LogP contribution in [0.4, 0.5) is 45.5 Å². The summed E-state index contributed by atoms with van der Waals surface area (Å²) in [6, 6.07) is 68.8. The highest BCUT2D eigenvalue weighted by molar-refractivity contribution is 7.00. The molecule has 2 unspecified atom stereocenters. The van der Waals surface area contributed by atoms with Crippen LogP contribution in [0.25, 0.3) is 33.4 Å². The maximum Gasteiger partial charge on any atom is 0.252 e. The van der Waals surface area contributed by atoms with E-state index in [1.54, 1.807) is 0 Å². The van der Waals surface area contributed by atoms with Crippen molar-refractivity contribution in [1.82, 2.24) is 4.98 Å². The van der Waals surface area contributed by atoms with Crippen LogP contribution in [0.3, 0.4) is 0 Å². The van der Waals surface area contributed by atoms with E-state index in [0.717, 1.165) is 18.4 Å². The number of aromatic nitrogens is 1. The lowest BCUT2D eigenvalue weighted by atomic mass is 9.33. The molecule has 412 valence electrons. The van der Waals surface area contributed by atoms with Gasteiger partial charge >= 0.3 is 0 Å². The fourth-order valence-corrected chi connectivity index (χ4v) is 14.5. The van der Waals surface area contributed by atoms with Gasteiger partial charge in [-0.05, 0) is 175 Å². The van der Waals surface area contributed by atoms with Gasteiger partial charge in [-0.15, -0.1) is 0 Å². The van der Waals surface area contributed by atoms with E-state index >= 15 is 0 Å². The molecule has 5 heteroatoms. The van der Waals surface area contributed by atoms with Crippen molar-refractivity contribution in [1.29, 1.82) is 0 Å². The van der Waals surface area contributed by atoms with Crippen LogP contribution in [0.1, 0.15) is 150 Å². The molecule has 1 aromatic heterocycles. The van der Waals surface area contributed by atoms with Crippen molar-refractivity contribution in [3.05, 3.63) is 216 Å². The number of pyridine rings is 1. The Balaban J connectivity index is 1.20. The number of hydrogen-bond acceptors (Lipinski definition) is 4. The molecule has 0 N–H and O–H groups in total. The van der Waals surface area contributed by atoms with E-state index in [1.807, 2.05) is 12.4 Å². The molecular formula is C77H81BN4. The molecule has 4 heterocycles. The van der Waals surface area contributed by atoms with Crippen LogP contribution >= 0.6 is 0 Å². The zero-order valence-corrected chi connectivity index (χ0v) is 51.1. The Kier molecular flexibility index (Phi) is 12.4. The van der Waals surface area contributed by atoms with Gasteiger partial charge in [-0.1, -0.05) is 212 Å². The van der Waals surface area contributed by atoms with Crippen molar-refractivity contribution in [2.45, 2.75) is 155 Å². The van der Waals surface area contributed by atoms with Crippen LogP contribution in [0.2, 0.25) is 0 Å². The quantitative estimate of drug-likeness (QED) is 0.155. The average molecular weight is 1070 g/mol. The predicted molar refractivity (Wildman–Crippen MR) is 352 cm³/mol. The van der Waals surface area contributed by atoms with Crippen molar-refractivity contribution in [2.75, 3.05) is 14.7 Å². The second-order valence-electron chi connectivity index (χ2n) is 28.9. The molecule has 4 aliphatic rings. The second-order valence-corrected chi connectivity index (χ2v) is 28.9. The average Bonchev–Trinajstić information content (AvgIpc) is 2.39. The van der Waals surface area contributed by atoms with Gasteiger partial charge in [0.05, 0.1) is 16.9 Å². The van der Waals surface area contributed by atoms with E-state index in [2.05, 4.69) is 293 Å². The topological polar surface area (TPSA) is 22.6 Å². The van der Waals surface area contributed by atoms with E-state index in [-0.39, 0.29) is 39.3 Å². The molecule has 9 aromatic rings.